The average molecular weight is 410 g/mol. The van der Waals surface area contributed by atoms with Crippen molar-refractivity contribution in [3.05, 3.63) is 59.4 Å². The maximum Gasteiger partial charge on any atom is 0.341 e. The summed E-state index contributed by atoms with van der Waals surface area (Å²) in [6, 6.07) is 10.5. The number of hydrogen-bond acceptors (Lipinski definition) is 6. The van der Waals surface area contributed by atoms with Gasteiger partial charge in [0.25, 0.3) is 5.91 Å². The summed E-state index contributed by atoms with van der Waals surface area (Å²) in [4.78, 5) is 31.0. The van der Waals surface area contributed by atoms with E-state index >= 15 is 0 Å². The Balaban J connectivity index is 1.46. The Bertz CT molecular complexity index is 947. The first kappa shape index (κ1) is 20.3. The van der Waals surface area contributed by atoms with Gasteiger partial charge >= 0.3 is 5.97 Å². The van der Waals surface area contributed by atoms with Crippen molar-refractivity contribution >= 4 is 11.9 Å². The quantitative estimate of drug-likeness (QED) is 0.779. The molecular weight excluding hydrogens is 384 g/mol. The highest BCUT2D eigenvalue weighted by molar-refractivity contribution is 5.95. The Morgan fingerprint density at radius 3 is 2.50 bits per heavy atom. The first-order chi connectivity index (χ1) is 14.5. The molecule has 30 heavy (non-hydrogen) atoms. The lowest BCUT2D eigenvalue weighted by Gasteiger charge is -2.35. The second kappa shape index (κ2) is 8.44. The first-order valence-electron chi connectivity index (χ1n) is 10.2. The van der Waals surface area contributed by atoms with Gasteiger partial charge in [-0.3, -0.25) is 9.78 Å². The van der Waals surface area contributed by atoms with Gasteiger partial charge in [0.2, 0.25) is 0 Å². The highest BCUT2D eigenvalue weighted by Crippen LogP contribution is 2.39. The number of methoxy groups -OCH3 is 1. The normalized spacial score (nSPS) is 25.5. The Morgan fingerprint density at radius 1 is 1.07 bits per heavy atom. The summed E-state index contributed by atoms with van der Waals surface area (Å²) >= 11 is 0. The predicted octanol–water partition coefficient (Wildman–Crippen LogP) is 2.47. The SMILES string of the molecule is COC(=O)c1ccccc1O[C@@H]1C[C@@H]2CN(C(=O)c3cccnc3C)C[C@@H]2C[C@H]1O. The molecule has 1 aliphatic carbocycles. The van der Waals surface area contributed by atoms with Gasteiger partial charge in [-0.1, -0.05) is 12.1 Å². The molecule has 1 saturated heterocycles. The number of carbonyl (C=O) groups is 2. The molecule has 0 radical (unpaired) electrons. The molecule has 0 unspecified atom stereocenters. The molecule has 0 spiro atoms. The minimum atomic E-state index is -0.660. The van der Waals surface area contributed by atoms with Crippen molar-refractivity contribution in [3.63, 3.8) is 0 Å². The number of likely N-dealkylation sites (tertiary alicyclic amines) is 1. The number of pyridine rings is 1. The van der Waals surface area contributed by atoms with Crippen molar-refractivity contribution in [2.45, 2.75) is 32.0 Å². The van der Waals surface area contributed by atoms with Crippen molar-refractivity contribution in [1.82, 2.24) is 9.88 Å². The highest BCUT2D eigenvalue weighted by Gasteiger charge is 2.44. The van der Waals surface area contributed by atoms with Crippen LogP contribution in [0.4, 0.5) is 0 Å². The van der Waals surface area contributed by atoms with Gasteiger partial charge < -0.3 is 19.5 Å². The number of benzene rings is 1. The molecule has 2 heterocycles. The number of hydrogen-bond donors (Lipinski definition) is 1. The molecular formula is C23H26N2O5. The third kappa shape index (κ3) is 3.89. The molecule has 1 aliphatic heterocycles. The van der Waals surface area contributed by atoms with E-state index in [0.717, 1.165) is 5.69 Å². The smallest absolute Gasteiger partial charge is 0.341 e. The van der Waals surface area contributed by atoms with Crippen LogP contribution in [0.5, 0.6) is 5.75 Å². The fourth-order valence-corrected chi connectivity index (χ4v) is 4.57. The van der Waals surface area contributed by atoms with E-state index in [1.54, 1.807) is 42.6 Å². The zero-order valence-electron chi connectivity index (χ0n) is 17.2. The maximum absolute atomic E-state index is 13.0. The van der Waals surface area contributed by atoms with Crippen molar-refractivity contribution < 1.29 is 24.2 Å². The molecule has 1 amide bonds. The summed E-state index contributed by atoms with van der Waals surface area (Å²) in [6.45, 7) is 3.09. The standard InChI is InChI=1S/C23H26N2O5/c1-14-17(7-5-9-24-14)22(27)25-12-15-10-19(26)21(11-16(15)13-25)30-20-8-4-3-6-18(20)23(28)29-2/h3-9,15-16,19,21,26H,10-13H2,1-2H3/t15-,16+,19+,21+/m0/s1. The van der Waals surface area contributed by atoms with E-state index < -0.39 is 18.2 Å². The maximum atomic E-state index is 13.0. The van der Waals surface area contributed by atoms with E-state index in [-0.39, 0.29) is 17.7 Å². The Morgan fingerprint density at radius 2 is 1.77 bits per heavy atom. The lowest BCUT2D eigenvalue weighted by Crippen LogP contribution is -2.42. The molecule has 7 nitrogen and oxygen atoms in total. The van der Waals surface area contributed by atoms with Crippen molar-refractivity contribution in [2.75, 3.05) is 20.2 Å². The number of nitrogens with zero attached hydrogens (tertiary/aromatic N) is 2. The number of aliphatic hydroxyl groups excluding tert-OH is 1. The molecule has 2 fully saturated rings. The van der Waals surface area contributed by atoms with Gasteiger partial charge in [0.15, 0.2) is 0 Å². The number of ether oxygens (including phenoxy) is 2. The summed E-state index contributed by atoms with van der Waals surface area (Å²) in [7, 11) is 1.33. The van der Waals surface area contributed by atoms with Crippen LogP contribution in [0.2, 0.25) is 0 Å². The molecule has 2 aromatic rings. The average Bonchev–Trinajstić information content (AvgIpc) is 3.16. The van der Waals surface area contributed by atoms with Crippen molar-refractivity contribution in [1.29, 1.82) is 0 Å². The largest absolute Gasteiger partial charge is 0.487 e. The van der Waals surface area contributed by atoms with E-state index in [1.165, 1.54) is 7.11 Å². The van der Waals surface area contributed by atoms with Gasteiger partial charge in [0, 0.05) is 25.0 Å². The molecule has 4 rings (SSSR count). The minimum absolute atomic E-state index is 0.0157. The number of esters is 1. The number of rotatable bonds is 4. The van der Waals surface area contributed by atoms with Crippen LogP contribution in [0.15, 0.2) is 42.6 Å². The van der Waals surface area contributed by atoms with E-state index in [1.807, 2.05) is 11.8 Å². The monoisotopic (exact) mass is 410 g/mol. The Kier molecular flexibility index (Phi) is 5.72. The second-order valence-corrected chi connectivity index (χ2v) is 8.05. The number of aliphatic hydroxyl groups is 1. The van der Waals surface area contributed by atoms with Crippen LogP contribution < -0.4 is 4.74 Å². The third-order valence-electron chi connectivity index (χ3n) is 6.18. The van der Waals surface area contributed by atoms with Crippen LogP contribution in [0, 0.1) is 18.8 Å². The van der Waals surface area contributed by atoms with E-state index in [9.17, 15) is 14.7 Å². The van der Waals surface area contributed by atoms with E-state index in [4.69, 9.17) is 9.47 Å². The van der Waals surface area contributed by atoms with Crippen LogP contribution in [0.3, 0.4) is 0 Å². The fourth-order valence-electron chi connectivity index (χ4n) is 4.57. The van der Waals surface area contributed by atoms with Crippen LogP contribution in [-0.4, -0.2) is 59.3 Å². The predicted molar refractivity (Wildman–Crippen MR) is 109 cm³/mol. The minimum Gasteiger partial charge on any atom is -0.487 e. The molecule has 4 atom stereocenters. The third-order valence-corrected chi connectivity index (χ3v) is 6.18. The number of fused-ring (bicyclic) bond motifs is 1. The summed E-state index contributed by atoms with van der Waals surface area (Å²) in [5.41, 5.74) is 1.68. The molecule has 1 aromatic heterocycles. The van der Waals surface area contributed by atoms with Crippen LogP contribution >= 0.6 is 0 Å². The number of carbonyl (C=O) groups excluding carboxylic acids is 2. The molecule has 1 N–H and O–H groups in total. The zero-order chi connectivity index (χ0) is 21.3. The van der Waals surface area contributed by atoms with E-state index in [2.05, 4.69) is 4.98 Å². The Labute approximate surface area is 175 Å². The van der Waals surface area contributed by atoms with Gasteiger partial charge in [-0.2, -0.15) is 0 Å². The summed E-state index contributed by atoms with van der Waals surface area (Å²) in [6.07, 6.45) is 1.77. The van der Waals surface area contributed by atoms with Crippen LogP contribution in [0.1, 0.15) is 39.3 Å². The lowest BCUT2D eigenvalue weighted by atomic mass is 9.78. The number of aryl methyl sites for hydroxylation is 1. The molecule has 158 valence electrons. The summed E-state index contributed by atoms with van der Waals surface area (Å²) in [5.74, 6) is 0.390. The molecule has 0 bridgehead atoms. The van der Waals surface area contributed by atoms with Crippen molar-refractivity contribution in [2.24, 2.45) is 11.8 Å². The molecule has 7 heteroatoms. The van der Waals surface area contributed by atoms with Gasteiger partial charge in [0.05, 0.1) is 18.8 Å². The Hall–Kier alpha value is -2.93. The van der Waals surface area contributed by atoms with Crippen molar-refractivity contribution in [3.8, 4) is 5.75 Å². The van der Waals surface area contributed by atoms with Crippen LogP contribution in [-0.2, 0) is 4.74 Å². The summed E-state index contributed by atoms with van der Waals surface area (Å²) < 4.78 is 10.9. The van der Waals surface area contributed by atoms with Crippen LogP contribution in [0.25, 0.3) is 0 Å². The fraction of sp³-hybridized carbons (Fsp3) is 0.435. The van der Waals surface area contributed by atoms with Gasteiger partial charge in [-0.15, -0.1) is 0 Å². The lowest BCUT2D eigenvalue weighted by molar-refractivity contribution is -0.0237. The van der Waals surface area contributed by atoms with E-state index in [0.29, 0.717) is 42.8 Å². The second-order valence-electron chi connectivity index (χ2n) is 8.05. The topological polar surface area (TPSA) is 89.0 Å². The number of para-hydroxylation sites is 1. The number of aromatic nitrogens is 1. The molecule has 1 saturated carbocycles. The summed E-state index contributed by atoms with van der Waals surface area (Å²) in [5, 5.41) is 10.7. The van der Waals surface area contributed by atoms with Gasteiger partial charge in [-0.25, -0.2) is 4.79 Å². The molecule has 2 aliphatic rings. The first-order valence-corrected chi connectivity index (χ1v) is 10.2. The van der Waals surface area contributed by atoms with Gasteiger partial charge in [-0.05, 0) is 55.9 Å². The zero-order valence-corrected chi connectivity index (χ0v) is 17.2. The number of amides is 1. The highest BCUT2D eigenvalue weighted by atomic mass is 16.5. The van der Waals surface area contributed by atoms with Gasteiger partial charge in [0.1, 0.15) is 17.4 Å². The molecule has 1 aromatic carbocycles.